The number of hydrogen-bond donors (Lipinski definition) is 1. The molecular formula is C18H19ClN2O5S. The number of ether oxygens (including phenoxy) is 2. The summed E-state index contributed by atoms with van der Waals surface area (Å²) in [5.41, 5.74) is 1.43. The summed E-state index contributed by atoms with van der Waals surface area (Å²) in [5, 5.41) is 3.11. The van der Waals surface area contributed by atoms with Crippen LogP contribution in [0.4, 0.5) is 11.4 Å². The molecule has 1 aliphatic heterocycles. The minimum atomic E-state index is -3.69. The molecule has 0 aliphatic carbocycles. The number of sulfonamides is 1. The minimum absolute atomic E-state index is 0.363. The molecule has 9 heteroatoms. The first kappa shape index (κ1) is 19.3. The smallest absolute Gasteiger partial charge is 0.245 e. The lowest BCUT2D eigenvalue weighted by molar-refractivity contribution is -0.114. The molecule has 0 aromatic heterocycles. The second-order valence-electron chi connectivity index (χ2n) is 6.06. The van der Waals surface area contributed by atoms with E-state index in [1.54, 1.807) is 43.3 Å². The van der Waals surface area contributed by atoms with Gasteiger partial charge in [0.2, 0.25) is 15.9 Å². The number of nitrogens with zero attached hydrogens (tertiary/aromatic N) is 1. The van der Waals surface area contributed by atoms with Crippen LogP contribution < -0.4 is 19.1 Å². The van der Waals surface area contributed by atoms with Crippen molar-refractivity contribution in [2.24, 2.45) is 0 Å². The normalized spacial score (nSPS) is 13.1. The third-order valence-corrected chi connectivity index (χ3v) is 5.56. The highest BCUT2D eigenvalue weighted by atomic mass is 35.5. The van der Waals surface area contributed by atoms with Gasteiger partial charge in [-0.25, -0.2) is 8.42 Å². The van der Waals surface area contributed by atoms with Crippen LogP contribution in [0, 0.1) is 6.92 Å². The molecule has 7 nitrogen and oxygen atoms in total. The summed E-state index contributed by atoms with van der Waals surface area (Å²) >= 11 is 6.09. The summed E-state index contributed by atoms with van der Waals surface area (Å²) in [6.45, 7) is 2.23. The van der Waals surface area contributed by atoms with E-state index in [4.69, 9.17) is 21.1 Å². The third kappa shape index (κ3) is 4.45. The maximum Gasteiger partial charge on any atom is 0.245 e. The Kier molecular flexibility index (Phi) is 5.48. The quantitative estimate of drug-likeness (QED) is 0.819. The number of fused-ring (bicyclic) bond motifs is 1. The molecule has 0 spiro atoms. The number of rotatable bonds is 5. The number of amides is 1. The lowest BCUT2D eigenvalue weighted by Gasteiger charge is -2.24. The van der Waals surface area contributed by atoms with Crippen molar-refractivity contribution in [1.82, 2.24) is 0 Å². The molecule has 0 unspecified atom stereocenters. The summed E-state index contributed by atoms with van der Waals surface area (Å²) in [5.74, 6) is 0.646. The van der Waals surface area contributed by atoms with E-state index in [-0.39, 0.29) is 6.54 Å². The van der Waals surface area contributed by atoms with E-state index in [1.807, 2.05) is 0 Å². The third-order valence-electron chi connectivity index (χ3n) is 4.02. The average molecular weight is 411 g/mol. The number of carbonyl (C=O) groups is 1. The van der Waals surface area contributed by atoms with E-state index in [1.165, 1.54) is 0 Å². The molecule has 0 atom stereocenters. The molecule has 1 N–H and O–H groups in total. The maximum atomic E-state index is 12.5. The van der Waals surface area contributed by atoms with E-state index in [0.29, 0.717) is 46.7 Å². The summed E-state index contributed by atoms with van der Waals surface area (Å²) in [4.78, 5) is 12.5. The van der Waals surface area contributed by atoms with Crippen LogP contribution in [0.2, 0.25) is 5.02 Å². The Labute approximate surface area is 162 Å². The minimum Gasteiger partial charge on any atom is -0.486 e. The molecule has 0 saturated carbocycles. The second-order valence-corrected chi connectivity index (χ2v) is 8.37. The van der Waals surface area contributed by atoms with E-state index < -0.39 is 15.9 Å². The van der Waals surface area contributed by atoms with Gasteiger partial charge in [-0.3, -0.25) is 9.10 Å². The first-order valence-corrected chi connectivity index (χ1v) is 10.4. The number of benzene rings is 2. The van der Waals surface area contributed by atoms with Gasteiger partial charge in [0, 0.05) is 16.8 Å². The van der Waals surface area contributed by atoms with E-state index >= 15 is 0 Å². The second kappa shape index (κ2) is 7.66. The largest absolute Gasteiger partial charge is 0.486 e. The van der Waals surface area contributed by atoms with E-state index in [2.05, 4.69) is 5.32 Å². The predicted molar refractivity (Wildman–Crippen MR) is 104 cm³/mol. The molecule has 0 saturated heterocycles. The van der Waals surface area contributed by atoms with Crippen LogP contribution in [0.1, 0.15) is 5.56 Å². The molecule has 0 radical (unpaired) electrons. The Morgan fingerprint density at radius 2 is 1.89 bits per heavy atom. The van der Waals surface area contributed by atoms with Crippen LogP contribution in [0.5, 0.6) is 11.5 Å². The highest BCUT2D eigenvalue weighted by Gasteiger charge is 2.23. The van der Waals surface area contributed by atoms with Gasteiger partial charge in [0.15, 0.2) is 11.5 Å². The lowest BCUT2D eigenvalue weighted by atomic mass is 10.2. The Balaban J connectivity index is 1.80. The van der Waals surface area contributed by atoms with Gasteiger partial charge in [0.1, 0.15) is 19.8 Å². The summed E-state index contributed by atoms with van der Waals surface area (Å²) in [6.07, 6.45) is 1.05. The highest BCUT2D eigenvalue weighted by Crippen LogP contribution is 2.33. The molecule has 144 valence electrons. The number of nitrogens with one attached hydrogen (secondary N) is 1. The highest BCUT2D eigenvalue weighted by molar-refractivity contribution is 7.92. The predicted octanol–water partition coefficient (Wildman–Crippen LogP) is 2.82. The molecule has 3 rings (SSSR count). The Morgan fingerprint density at radius 1 is 1.19 bits per heavy atom. The van der Waals surface area contributed by atoms with Gasteiger partial charge in [0.05, 0.1) is 11.9 Å². The zero-order chi connectivity index (χ0) is 19.6. The van der Waals surface area contributed by atoms with Crippen LogP contribution in [0.15, 0.2) is 36.4 Å². The van der Waals surface area contributed by atoms with Crippen molar-refractivity contribution in [3.63, 3.8) is 0 Å². The topological polar surface area (TPSA) is 84.9 Å². The van der Waals surface area contributed by atoms with E-state index in [9.17, 15) is 13.2 Å². The fourth-order valence-electron chi connectivity index (χ4n) is 2.70. The van der Waals surface area contributed by atoms with Crippen LogP contribution in [0.25, 0.3) is 0 Å². The van der Waals surface area contributed by atoms with E-state index in [0.717, 1.165) is 10.6 Å². The van der Waals surface area contributed by atoms with Crippen molar-refractivity contribution in [3.05, 3.63) is 47.0 Å². The zero-order valence-electron chi connectivity index (χ0n) is 14.9. The van der Waals surface area contributed by atoms with Crippen molar-refractivity contribution in [2.45, 2.75) is 6.92 Å². The summed E-state index contributed by atoms with van der Waals surface area (Å²) < 4.78 is 36.4. The SMILES string of the molecule is Cc1c(Cl)cccc1N(CC(=O)Nc1ccc2c(c1)OCCO2)S(C)(=O)=O. The molecular weight excluding hydrogens is 392 g/mol. The van der Waals surface area contributed by atoms with Gasteiger partial charge >= 0.3 is 0 Å². The van der Waals surface area contributed by atoms with Crippen molar-refractivity contribution in [3.8, 4) is 11.5 Å². The van der Waals surface area contributed by atoms with Gasteiger partial charge in [-0.05, 0) is 36.8 Å². The summed E-state index contributed by atoms with van der Waals surface area (Å²) in [7, 11) is -3.69. The average Bonchev–Trinajstić information content (AvgIpc) is 2.61. The fraction of sp³-hybridized carbons (Fsp3) is 0.278. The Bertz CT molecular complexity index is 978. The number of carbonyl (C=O) groups excluding carboxylic acids is 1. The van der Waals surface area contributed by atoms with Crippen molar-refractivity contribution in [1.29, 1.82) is 0 Å². The Hall–Kier alpha value is -2.45. The molecule has 27 heavy (non-hydrogen) atoms. The molecule has 2 aromatic carbocycles. The van der Waals surface area contributed by atoms with Gasteiger partial charge in [-0.1, -0.05) is 17.7 Å². The van der Waals surface area contributed by atoms with Gasteiger partial charge < -0.3 is 14.8 Å². The number of anilines is 2. The molecule has 1 aliphatic rings. The lowest BCUT2D eigenvalue weighted by Crippen LogP contribution is -2.37. The van der Waals surface area contributed by atoms with Crippen molar-refractivity contribution >= 4 is 38.9 Å². The van der Waals surface area contributed by atoms with Crippen LogP contribution in [-0.2, 0) is 14.8 Å². The van der Waals surface area contributed by atoms with Crippen molar-refractivity contribution in [2.75, 3.05) is 35.6 Å². The Morgan fingerprint density at radius 3 is 2.59 bits per heavy atom. The van der Waals surface area contributed by atoms with Crippen LogP contribution >= 0.6 is 11.6 Å². The first-order chi connectivity index (χ1) is 12.8. The van der Waals surface area contributed by atoms with Gasteiger partial charge in [0.25, 0.3) is 0 Å². The number of hydrogen-bond acceptors (Lipinski definition) is 5. The van der Waals surface area contributed by atoms with Gasteiger partial charge in [-0.15, -0.1) is 0 Å². The zero-order valence-corrected chi connectivity index (χ0v) is 16.4. The maximum absolute atomic E-state index is 12.5. The molecule has 1 amide bonds. The summed E-state index contributed by atoms with van der Waals surface area (Å²) in [6, 6.07) is 9.92. The fourth-order valence-corrected chi connectivity index (χ4v) is 3.78. The molecule has 1 heterocycles. The standard InChI is InChI=1S/C18H19ClN2O5S/c1-12-14(19)4-3-5-15(12)21(27(2,23)24)11-18(22)20-13-6-7-16-17(10-13)26-9-8-25-16/h3-7,10H,8-9,11H2,1-2H3,(H,20,22). The molecule has 0 bridgehead atoms. The first-order valence-electron chi connectivity index (χ1n) is 8.18. The van der Waals surface area contributed by atoms with Crippen LogP contribution in [0.3, 0.4) is 0 Å². The van der Waals surface area contributed by atoms with Crippen molar-refractivity contribution < 1.29 is 22.7 Å². The van der Waals surface area contributed by atoms with Gasteiger partial charge in [-0.2, -0.15) is 0 Å². The van der Waals surface area contributed by atoms with Crippen LogP contribution in [-0.4, -0.2) is 40.3 Å². The molecule has 2 aromatic rings. The number of halogens is 1. The molecule has 0 fully saturated rings. The monoisotopic (exact) mass is 410 g/mol.